The molecule has 0 aliphatic carbocycles. The maximum Gasteiger partial charge on any atom is 0.341 e. The molecule has 28 heavy (non-hydrogen) atoms. The molecule has 1 heterocycles. The molecule has 0 bridgehead atoms. The van der Waals surface area contributed by atoms with Gasteiger partial charge in [0.05, 0.1) is 34.9 Å². The Morgan fingerprint density at radius 2 is 1.86 bits per heavy atom. The van der Waals surface area contributed by atoms with Crippen molar-refractivity contribution in [3.05, 3.63) is 76.1 Å². The highest BCUT2D eigenvalue weighted by Crippen LogP contribution is 2.26. The van der Waals surface area contributed by atoms with E-state index in [9.17, 15) is 9.59 Å². The number of carbonyl (C=O) groups is 2. The maximum absolute atomic E-state index is 12.5. The van der Waals surface area contributed by atoms with Crippen LogP contribution in [0.4, 0.5) is 5.69 Å². The number of para-hydroxylation sites is 1. The maximum atomic E-state index is 12.5. The van der Waals surface area contributed by atoms with Gasteiger partial charge in [0, 0.05) is 5.56 Å². The fraction of sp³-hybridized carbons (Fsp3) is 0.190. The molecule has 3 rings (SSSR count). The van der Waals surface area contributed by atoms with Crippen LogP contribution < -0.4 is 5.32 Å². The first kappa shape index (κ1) is 19.6. The second kappa shape index (κ2) is 8.27. The lowest BCUT2D eigenvalue weighted by atomic mass is 10.1. The third-order valence-electron chi connectivity index (χ3n) is 4.34. The molecule has 6 nitrogen and oxygen atoms in total. The minimum atomic E-state index is -0.405. The first-order valence-corrected chi connectivity index (χ1v) is 9.18. The van der Waals surface area contributed by atoms with E-state index in [0.717, 1.165) is 11.3 Å². The van der Waals surface area contributed by atoms with E-state index in [1.165, 1.54) is 6.20 Å². The number of anilines is 1. The summed E-state index contributed by atoms with van der Waals surface area (Å²) in [7, 11) is 0. The Bertz CT molecular complexity index is 1010. The average Bonchev–Trinajstić information content (AvgIpc) is 3.06. The van der Waals surface area contributed by atoms with E-state index in [1.54, 1.807) is 48.9 Å². The molecule has 0 spiro atoms. The molecule has 0 fully saturated rings. The number of ether oxygens (including phenoxy) is 1. The summed E-state index contributed by atoms with van der Waals surface area (Å²) in [6, 6.07) is 12.4. The van der Waals surface area contributed by atoms with Crippen LogP contribution >= 0.6 is 11.6 Å². The van der Waals surface area contributed by atoms with Crippen molar-refractivity contribution in [2.75, 3.05) is 11.9 Å². The second-order valence-electron chi connectivity index (χ2n) is 6.21. The zero-order chi connectivity index (χ0) is 20.3. The molecule has 0 saturated heterocycles. The lowest BCUT2D eigenvalue weighted by Crippen LogP contribution is -2.13. The number of halogens is 1. The molecule has 1 N–H and O–H groups in total. The Morgan fingerprint density at radius 3 is 2.50 bits per heavy atom. The van der Waals surface area contributed by atoms with Gasteiger partial charge in [0.1, 0.15) is 5.56 Å². The fourth-order valence-corrected chi connectivity index (χ4v) is 3.08. The number of nitrogens with one attached hydrogen (secondary N) is 1. The lowest BCUT2D eigenvalue weighted by molar-refractivity contribution is 0.0525. The smallest absolute Gasteiger partial charge is 0.341 e. The van der Waals surface area contributed by atoms with Crippen LogP contribution in [0, 0.1) is 13.8 Å². The van der Waals surface area contributed by atoms with E-state index in [4.69, 9.17) is 16.3 Å². The Kier molecular flexibility index (Phi) is 5.80. The highest BCUT2D eigenvalue weighted by Gasteiger charge is 2.16. The van der Waals surface area contributed by atoms with Crippen molar-refractivity contribution in [3.63, 3.8) is 0 Å². The van der Waals surface area contributed by atoms with Gasteiger partial charge in [0.15, 0.2) is 0 Å². The quantitative estimate of drug-likeness (QED) is 0.640. The van der Waals surface area contributed by atoms with Gasteiger partial charge in [-0.15, -0.1) is 0 Å². The van der Waals surface area contributed by atoms with Crippen LogP contribution in [0.3, 0.4) is 0 Å². The van der Waals surface area contributed by atoms with E-state index in [0.29, 0.717) is 34.1 Å². The fourth-order valence-electron chi connectivity index (χ4n) is 2.81. The number of benzene rings is 2. The number of aryl methyl sites for hydroxylation is 1. The SMILES string of the molecule is CCOC(=O)c1cnn(-c2ccc(C(=O)Nc3c(C)cccc3Cl)cc2)c1C. The van der Waals surface area contributed by atoms with Crippen molar-refractivity contribution >= 4 is 29.2 Å². The van der Waals surface area contributed by atoms with Crippen LogP contribution in [0.15, 0.2) is 48.7 Å². The topological polar surface area (TPSA) is 73.2 Å². The molecule has 1 amide bonds. The molecule has 0 aliphatic rings. The molecule has 0 unspecified atom stereocenters. The average molecular weight is 398 g/mol. The zero-order valence-corrected chi connectivity index (χ0v) is 16.6. The summed E-state index contributed by atoms with van der Waals surface area (Å²) in [5.41, 5.74) is 3.79. The van der Waals surface area contributed by atoms with Crippen molar-refractivity contribution < 1.29 is 14.3 Å². The van der Waals surface area contributed by atoms with Crippen molar-refractivity contribution in [2.24, 2.45) is 0 Å². The normalized spacial score (nSPS) is 10.6. The number of esters is 1. The van der Waals surface area contributed by atoms with E-state index < -0.39 is 5.97 Å². The highest BCUT2D eigenvalue weighted by molar-refractivity contribution is 6.34. The molecule has 0 radical (unpaired) electrons. The van der Waals surface area contributed by atoms with Gasteiger partial charge in [0.25, 0.3) is 5.91 Å². The van der Waals surface area contributed by atoms with Gasteiger partial charge < -0.3 is 10.1 Å². The summed E-state index contributed by atoms with van der Waals surface area (Å²) in [6.07, 6.45) is 1.48. The van der Waals surface area contributed by atoms with E-state index in [1.807, 2.05) is 19.1 Å². The number of hydrogen-bond donors (Lipinski definition) is 1. The second-order valence-corrected chi connectivity index (χ2v) is 6.62. The minimum absolute atomic E-state index is 0.257. The van der Waals surface area contributed by atoms with E-state index in [-0.39, 0.29) is 5.91 Å². The van der Waals surface area contributed by atoms with E-state index in [2.05, 4.69) is 10.4 Å². The van der Waals surface area contributed by atoms with Crippen molar-refractivity contribution in [3.8, 4) is 5.69 Å². The van der Waals surface area contributed by atoms with Crippen molar-refractivity contribution in [1.29, 1.82) is 0 Å². The zero-order valence-electron chi connectivity index (χ0n) is 15.8. The summed E-state index contributed by atoms with van der Waals surface area (Å²) in [5, 5.41) is 7.59. The Labute approximate surface area is 168 Å². The molecule has 0 saturated carbocycles. The van der Waals surface area contributed by atoms with Gasteiger partial charge in [-0.1, -0.05) is 23.7 Å². The molecule has 144 valence electrons. The molecule has 7 heteroatoms. The number of nitrogens with zero attached hydrogens (tertiary/aromatic N) is 2. The first-order valence-electron chi connectivity index (χ1n) is 8.81. The van der Waals surface area contributed by atoms with Crippen LogP contribution in [0.2, 0.25) is 5.02 Å². The van der Waals surface area contributed by atoms with Crippen molar-refractivity contribution in [2.45, 2.75) is 20.8 Å². The van der Waals surface area contributed by atoms with Gasteiger partial charge >= 0.3 is 5.97 Å². The summed E-state index contributed by atoms with van der Waals surface area (Å²) in [6.45, 7) is 5.73. The summed E-state index contributed by atoms with van der Waals surface area (Å²) in [5.74, 6) is -0.662. The molecular formula is C21H20ClN3O3. The molecule has 3 aromatic rings. The lowest BCUT2D eigenvalue weighted by Gasteiger charge is -2.11. The Balaban J connectivity index is 1.80. The summed E-state index contributed by atoms with van der Waals surface area (Å²) >= 11 is 6.17. The highest BCUT2D eigenvalue weighted by atomic mass is 35.5. The van der Waals surface area contributed by atoms with Gasteiger partial charge in [-0.25, -0.2) is 9.48 Å². The molecule has 2 aromatic carbocycles. The van der Waals surface area contributed by atoms with Gasteiger partial charge in [-0.2, -0.15) is 5.10 Å². The van der Waals surface area contributed by atoms with Gasteiger partial charge in [-0.05, 0) is 56.7 Å². The van der Waals surface area contributed by atoms with Crippen LogP contribution in [-0.2, 0) is 4.74 Å². The predicted molar refractivity (Wildman–Crippen MR) is 108 cm³/mol. The number of hydrogen-bond acceptors (Lipinski definition) is 4. The first-order chi connectivity index (χ1) is 13.4. The molecule has 1 aromatic heterocycles. The molecule has 0 aliphatic heterocycles. The predicted octanol–water partition coefficient (Wildman–Crippen LogP) is 4.57. The number of carbonyl (C=O) groups excluding carboxylic acids is 2. The third-order valence-corrected chi connectivity index (χ3v) is 4.65. The Hall–Kier alpha value is -3.12. The van der Waals surface area contributed by atoms with Crippen LogP contribution in [0.5, 0.6) is 0 Å². The molecular weight excluding hydrogens is 378 g/mol. The number of amides is 1. The standard InChI is InChI=1S/C21H20ClN3O3/c1-4-28-21(27)17-12-23-25(14(17)3)16-10-8-15(9-11-16)20(26)24-19-13(2)6-5-7-18(19)22/h5-12H,4H2,1-3H3,(H,24,26). The van der Waals surface area contributed by atoms with Crippen molar-refractivity contribution in [1.82, 2.24) is 9.78 Å². The van der Waals surface area contributed by atoms with Gasteiger partial charge in [-0.3, -0.25) is 4.79 Å². The largest absolute Gasteiger partial charge is 0.462 e. The van der Waals surface area contributed by atoms with Crippen LogP contribution in [-0.4, -0.2) is 28.3 Å². The van der Waals surface area contributed by atoms with E-state index >= 15 is 0 Å². The monoisotopic (exact) mass is 397 g/mol. The summed E-state index contributed by atoms with van der Waals surface area (Å²) < 4.78 is 6.66. The Morgan fingerprint density at radius 1 is 1.14 bits per heavy atom. The summed E-state index contributed by atoms with van der Waals surface area (Å²) in [4.78, 5) is 24.5. The van der Waals surface area contributed by atoms with Crippen LogP contribution in [0.1, 0.15) is 38.9 Å². The third kappa shape index (κ3) is 3.92. The minimum Gasteiger partial charge on any atom is -0.462 e. The van der Waals surface area contributed by atoms with Crippen LogP contribution in [0.25, 0.3) is 5.69 Å². The number of rotatable bonds is 5. The molecule has 0 atom stereocenters. The van der Waals surface area contributed by atoms with Gasteiger partial charge in [0.2, 0.25) is 0 Å². The number of aromatic nitrogens is 2.